The molecule has 1 aromatic carbocycles. The highest BCUT2D eigenvalue weighted by Crippen LogP contribution is 2.59. The Kier molecular flexibility index (Phi) is 2.59. The molecule has 0 aliphatic heterocycles. The molecular formula is C15H15NO2. The monoisotopic (exact) mass is 241 g/mol. The molecule has 1 saturated carbocycles. The average molecular weight is 241 g/mol. The van der Waals surface area contributed by atoms with Crippen molar-refractivity contribution >= 4 is 5.97 Å². The van der Waals surface area contributed by atoms with Gasteiger partial charge in [0, 0.05) is 5.92 Å². The summed E-state index contributed by atoms with van der Waals surface area (Å²) in [5, 5.41) is 9.34. The van der Waals surface area contributed by atoms with E-state index < -0.39 is 0 Å². The van der Waals surface area contributed by atoms with Crippen molar-refractivity contribution in [3.05, 3.63) is 35.4 Å². The third-order valence-corrected chi connectivity index (χ3v) is 4.26. The van der Waals surface area contributed by atoms with Crippen molar-refractivity contribution < 1.29 is 9.53 Å². The van der Waals surface area contributed by atoms with E-state index in [1.165, 1.54) is 11.1 Å². The Morgan fingerprint density at radius 1 is 1.39 bits per heavy atom. The van der Waals surface area contributed by atoms with Gasteiger partial charge in [-0.3, -0.25) is 4.79 Å². The van der Waals surface area contributed by atoms with Crippen LogP contribution in [-0.2, 0) is 9.53 Å². The van der Waals surface area contributed by atoms with Gasteiger partial charge < -0.3 is 4.74 Å². The zero-order valence-corrected chi connectivity index (χ0v) is 10.3. The van der Waals surface area contributed by atoms with Crippen molar-refractivity contribution in [2.75, 3.05) is 6.61 Å². The van der Waals surface area contributed by atoms with Gasteiger partial charge in [0.1, 0.15) is 0 Å². The maximum Gasteiger partial charge on any atom is 0.310 e. The second kappa shape index (κ2) is 4.13. The maximum absolute atomic E-state index is 12.0. The zero-order chi connectivity index (χ0) is 12.7. The van der Waals surface area contributed by atoms with E-state index in [-0.39, 0.29) is 29.6 Å². The first-order chi connectivity index (χ1) is 8.77. The lowest BCUT2D eigenvalue weighted by atomic mass is 9.76. The fraction of sp³-hybridized carbons (Fsp3) is 0.467. The highest BCUT2D eigenvalue weighted by molar-refractivity contribution is 5.77. The van der Waals surface area contributed by atoms with Gasteiger partial charge in [0.15, 0.2) is 0 Å². The summed E-state index contributed by atoms with van der Waals surface area (Å²) in [7, 11) is 0. The van der Waals surface area contributed by atoms with Gasteiger partial charge in [-0.2, -0.15) is 5.26 Å². The molecule has 18 heavy (non-hydrogen) atoms. The number of esters is 1. The summed E-state index contributed by atoms with van der Waals surface area (Å²) in [4.78, 5) is 12.0. The first-order valence-electron chi connectivity index (χ1n) is 6.43. The molecule has 0 spiro atoms. The van der Waals surface area contributed by atoms with Crippen molar-refractivity contribution in [1.29, 1.82) is 5.26 Å². The minimum absolute atomic E-state index is 0.176. The SMILES string of the molecule is CCOC(=O)[C@@H]1[C@H](C#N)[C@@H]2C[C@H]1c1ccccc12. The molecule has 0 amide bonds. The molecule has 3 heteroatoms. The number of hydrogen-bond acceptors (Lipinski definition) is 3. The molecule has 2 aliphatic rings. The van der Waals surface area contributed by atoms with Gasteiger partial charge in [-0.25, -0.2) is 0 Å². The molecule has 3 nitrogen and oxygen atoms in total. The van der Waals surface area contributed by atoms with Gasteiger partial charge in [-0.1, -0.05) is 24.3 Å². The second-order valence-electron chi connectivity index (χ2n) is 5.01. The smallest absolute Gasteiger partial charge is 0.310 e. The van der Waals surface area contributed by atoms with Crippen LogP contribution in [0.1, 0.15) is 36.3 Å². The van der Waals surface area contributed by atoms with Crippen LogP contribution >= 0.6 is 0 Å². The molecule has 2 aliphatic carbocycles. The summed E-state index contributed by atoms with van der Waals surface area (Å²) >= 11 is 0. The highest BCUT2D eigenvalue weighted by Gasteiger charge is 2.54. The van der Waals surface area contributed by atoms with E-state index in [0.29, 0.717) is 6.61 Å². The van der Waals surface area contributed by atoms with Gasteiger partial charge >= 0.3 is 5.97 Å². The second-order valence-corrected chi connectivity index (χ2v) is 5.01. The van der Waals surface area contributed by atoms with E-state index >= 15 is 0 Å². The Bertz CT molecular complexity index is 532. The molecular weight excluding hydrogens is 226 g/mol. The topological polar surface area (TPSA) is 50.1 Å². The number of fused-ring (bicyclic) bond motifs is 5. The highest BCUT2D eigenvalue weighted by atomic mass is 16.5. The first-order valence-corrected chi connectivity index (χ1v) is 6.43. The Hall–Kier alpha value is -1.82. The van der Waals surface area contributed by atoms with Crippen LogP contribution in [0.2, 0.25) is 0 Å². The normalized spacial score (nSPS) is 31.8. The van der Waals surface area contributed by atoms with Crippen LogP contribution in [0.4, 0.5) is 0 Å². The fourth-order valence-electron chi connectivity index (χ4n) is 3.61. The van der Waals surface area contributed by atoms with Gasteiger partial charge in [-0.05, 0) is 30.4 Å². The summed E-state index contributed by atoms with van der Waals surface area (Å²) in [5.74, 6) is -0.301. The van der Waals surface area contributed by atoms with Crippen LogP contribution in [-0.4, -0.2) is 12.6 Å². The lowest BCUT2D eigenvalue weighted by molar-refractivity contribution is -0.149. The van der Waals surface area contributed by atoms with Gasteiger partial charge in [-0.15, -0.1) is 0 Å². The van der Waals surface area contributed by atoms with Crippen molar-refractivity contribution in [2.45, 2.75) is 25.2 Å². The lowest BCUT2D eigenvalue weighted by Gasteiger charge is -2.26. The summed E-state index contributed by atoms with van der Waals surface area (Å²) in [6.07, 6.45) is 0.918. The largest absolute Gasteiger partial charge is 0.466 e. The summed E-state index contributed by atoms with van der Waals surface area (Å²) < 4.78 is 5.14. The fourth-order valence-corrected chi connectivity index (χ4v) is 3.61. The first kappa shape index (κ1) is 11.3. The minimum atomic E-state index is -0.269. The third-order valence-electron chi connectivity index (χ3n) is 4.26. The summed E-state index contributed by atoms with van der Waals surface area (Å²) in [6.45, 7) is 2.19. The average Bonchev–Trinajstić information content (AvgIpc) is 2.94. The molecule has 3 rings (SSSR count). The van der Waals surface area contributed by atoms with Crippen LogP contribution in [0.5, 0.6) is 0 Å². The van der Waals surface area contributed by atoms with E-state index in [1.54, 1.807) is 6.92 Å². The molecule has 4 atom stereocenters. The Morgan fingerprint density at radius 2 is 2.06 bits per heavy atom. The van der Waals surface area contributed by atoms with E-state index in [9.17, 15) is 10.1 Å². The number of ether oxygens (including phenoxy) is 1. The lowest BCUT2D eigenvalue weighted by Crippen LogP contribution is -2.29. The number of rotatable bonds is 2. The van der Waals surface area contributed by atoms with Gasteiger partial charge in [0.2, 0.25) is 0 Å². The molecule has 0 radical (unpaired) electrons. The zero-order valence-electron chi connectivity index (χ0n) is 10.3. The molecule has 92 valence electrons. The number of nitriles is 1. The van der Waals surface area contributed by atoms with Crippen LogP contribution in [0.15, 0.2) is 24.3 Å². The molecule has 1 aromatic rings. The van der Waals surface area contributed by atoms with Gasteiger partial charge in [0.05, 0.1) is 24.5 Å². The van der Waals surface area contributed by atoms with Crippen molar-refractivity contribution in [3.8, 4) is 6.07 Å². The van der Waals surface area contributed by atoms with Crippen LogP contribution in [0.3, 0.4) is 0 Å². The summed E-state index contributed by atoms with van der Waals surface area (Å²) in [5.41, 5.74) is 2.50. The Morgan fingerprint density at radius 3 is 2.67 bits per heavy atom. The third kappa shape index (κ3) is 1.38. The van der Waals surface area contributed by atoms with E-state index in [1.807, 2.05) is 12.1 Å². The number of nitrogens with zero attached hydrogens (tertiary/aromatic N) is 1. The number of carbonyl (C=O) groups excluding carboxylic acids is 1. The number of carbonyl (C=O) groups is 1. The Labute approximate surface area is 106 Å². The molecule has 0 heterocycles. The maximum atomic E-state index is 12.0. The molecule has 1 fully saturated rings. The molecule has 0 saturated heterocycles. The van der Waals surface area contributed by atoms with Crippen molar-refractivity contribution in [1.82, 2.24) is 0 Å². The van der Waals surface area contributed by atoms with E-state index in [4.69, 9.17) is 4.74 Å². The molecule has 2 bridgehead atoms. The molecule has 0 unspecified atom stereocenters. The quantitative estimate of drug-likeness (QED) is 0.748. The number of benzene rings is 1. The van der Waals surface area contributed by atoms with Crippen LogP contribution in [0.25, 0.3) is 0 Å². The van der Waals surface area contributed by atoms with Crippen LogP contribution in [0, 0.1) is 23.2 Å². The summed E-state index contributed by atoms with van der Waals surface area (Å²) in [6, 6.07) is 10.5. The van der Waals surface area contributed by atoms with Crippen LogP contribution < -0.4 is 0 Å². The van der Waals surface area contributed by atoms with Gasteiger partial charge in [0.25, 0.3) is 0 Å². The molecule has 0 aromatic heterocycles. The predicted octanol–water partition coefficient (Wildman–Crippen LogP) is 2.59. The Balaban J connectivity index is 2.00. The van der Waals surface area contributed by atoms with Crippen molar-refractivity contribution in [2.24, 2.45) is 11.8 Å². The molecule has 0 N–H and O–H groups in total. The predicted molar refractivity (Wildman–Crippen MR) is 65.8 cm³/mol. The van der Waals surface area contributed by atoms with E-state index in [0.717, 1.165) is 6.42 Å². The van der Waals surface area contributed by atoms with Crippen molar-refractivity contribution in [3.63, 3.8) is 0 Å². The van der Waals surface area contributed by atoms with E-state index in [2.05, 4.69) is 18.2 Å². The standard InChI is InChI=1S/C15H15NO2/c1-2-18-15(17)14-12-7-11(13(14)8-16)9-5-3-4-6-10(9)12/h3-6,11-14H,2,7H2,1H3/t11-,12+,13-,14+/m1/s1. The minimum Gasteiger partial charge on any atom is -0.466 e. The number of hydrogen-bond donors (Lipinski definition) is 0.